The number of esters is 2. The number of para-hydroxylation sites is 1. The zero-order valence-corrected chi connectivity index (χ0v) is 14.0. The molecule has 6 nitrogen and oxygen atoms in total. The molecular weight excluding hydrogens is 324 g/mol. The molecule has 0 N–H and O–H groups in total. The van der Waals surface area contributed by atoms with Crippen molar-refractivity contribution in [2.24, 2.45) is 0 Å². The molecular formula is C19H16O6. The van der Waals surface area contributed by atoms with Gasteiger partial charge >= 0.3 is 11.9 Å². The number of furan rings is 1. The second-order valence-electron chi connectivity index (χ2n) is 5.30. The molecule has 0 saturated heterocycles. The summed E-state index contributed by atoms with van der Waals surface area (Å²) in [5, 5.41) is 0.849. The minimum atomic E-state index is -0.641. The van der Waals surface area contributed by atoms with Crippen LogP contribution in [0, 0.1) is 6.92 Å². The average molecular weight is 340 g/mol. The van der Waals surface area contributed by atoms with Crippen LogP contribution in [0.1, 0.15) is 26.5 Å². The Kier molecular flexibility index (Phi) is 4.43. The molecule has 0 saturated carbocycles. The Hall–Kier alpha value is -3.28. The third-order valence-corrected chi connectivity index (χ3v) is 3.82. The van der Waals surface area contributed by atoms with Gasteiger partial charge in [-0.05, 0) is 31.2 Å². The van der Waals surface area contributed by atoms with E-state index in [2.05, 4.69) is 4.74 Å². The Balaban J connectivity index is 1.92. The molecule has 0 aliphatic heterocycles. The van der Waals surface area contributed by atoms with Gasteiger partial charge in [0.25, 0.3) is 0 Å². The lowest BCUT2D eigenvalue weighted by atomic mass is 10.1. The van der Waals surface area contributed by atoms with Gasteiger partial charge in [0, 0.05) is 10.9 Å². The lowest BCUT2D eigenvalue weighted by Crippen LogP contribution is -2.10. The highest BCUT2D eigenvalue weighted by atomic mass is 16.6. The molecule has 6 heteroatoms. The Bertz CT molecular complexity index is 954. The summed E-state index contributed by atoms with van der Waals surface area (Å²) in [5.41, 5.74) is 1.60. The maximum atomic E-state index is 12.5. The van der Waals surface area contributed by atoms with E-state index in [4.69, 9.17) is 13.9 Å². The van der Waals surface area contributed by atoms with E-state index in [0.29, 0.717) is 16.7 Å². The molecule has 0 spiro atoms. The van der Waals surface area contributed by atoms with E-state index >= 15 is 0 Å². The lowest BCUT2D eigenvalue weighted by Gasteiger charge is -2.10. The quantitative estimate of drug-likeness (QED) is 0.532. The highest BCUT2D eigenvalue weighted by molar-refractivity contribution is 5.97. The highest BCUT2D eigenvalue weighted by Crippen LogP contribution is 2.31. The standard InChI is InChI=1S/C19H16O6/c1-11-13-6-4-5-7-14(13)24-17(11)19(21)25-15-9-8-12(18(20)23-3)10-16(15)22-2/h4-10H,1-3H3. The van der Waals surface area contributed by atoms with Gasteiger partial charge in [-0.2, -0.15) is 0 Å². The topological polar surface area (TPSA) is 75.0 Å². The number of methoxy groups -OCH3 is 2. The summed E-state index contributed by atoms with van der Waals surface area (Å²) in [4.78, 5) is 24.1. The van der Waals surface area contributed by atoms with Crippen molar-refractivity contribution >= 4 is 22.9 Å². The van der Waals surface area contributed by atoms with Crippen LogP contribution in [0.2, 0.25) is 0 Å². The maximum absolute atomic E-state index is 12.5. The van der Waals surface area contributed by atoms with E-state index < -0.39 is 11.9 Å². The molecule has 3 aromatic rings. The number of carbonyl (C=O) groups excluding carboxylic acids is 2. The van der Waals surface area contributed by atoms with Crippen LogP contribution in [-0.2, 0) is 4.74 Å². The second kappa shape index (κ2) is 6.68. The van der Waals surface area contributed by atoms with Crippen molar-refractivity contribution < 1.29 is 28.2 Å². The lowest BCUT2D eigenvalue weighted by molar-refractivity contribution is 0.0600. The molecule has 1 heterocycles. The first-order chi connectivity index (χ1) is 12.0. The zero-order chi connectivity index (χ0) is 18.0. The van der Waals surface area contributed by atoms with E-state index in [1.807, 2.05) is 18.2 Å². The summed E-state index contributed by atoms with van der Waals surface area (Å²) in [6.07, 6.45) is 0. The number of rotatable bonds is 4. The fraction of sp³-hybridized carbons (Fsp3) is 0.158. The normalized spacial score (nSPS) is 10.5. The predicted octanol–water partition coefficient (Wildman–Crippen LogP) is 3.76. The molecule has 25 heavy (non-hydrogen) atoms. The molecule has 0 fully saturated rings. The van der Waals surface area contributed by atoms with Crippen molar-refractivity contribution in [3.8, 4) is 11.5 Å². The molecule has 0 aliphatic carbocycles. The van der Waals surface area contributed by atoms with Crippen LogP contribution in [0.15, 0.2) is 46.9 Å². The fourth-order valence-corrected chi connectivity index (χ4v) is 2.51. The van der Waals surface area contributed by atoms with Crippen LogP contribution in [0.25, 0.3) is 11.0 Å². The van der Waals surface area contributed by atoms with Gasteiger partial charge in [0.1, 0.15) is 5.58 Å². The van der Waals surface area contributed by atoms with Gasteiger partial charge in [-0.1, -0.05) is 18.2 Å². The number of fused-ring (bicyclic) bond motifs is 1. The largest absolute Gasteiger partial charge is 0.493 e. The predicted molar refractivity (Wildman–Crippen MR) is 90.2 cm³/mol. The van der Waals surface area contributed by atoms with E-state index in [-0.39, 0.29) is 17.3 Å². The molecule has 3 rings (SSSR count). The van der Waals surface area contributed by atoms with Gasteiger partial charge in [0.15, 0.2) is 11.5 Å². The first-order valence-corrected chi connectivity index (χ1v) is 7.51. The van der Waals surface area contributed by atoms with Gasteiger partial charge in [-0.3, -0.25) is 0 Å². The van der Waals surface area contributed by atoms with Crippen LogP contribution in [0.4, 0.5) is 0 Å². The SMILES string of the molecule is COC(=O)c1ccc(OC(=O)c2oc3ccccc3c2C)c(OC)c1. The van der Waals surface area contributed by atoms with E-state index in [1.54, 1.807) is 13.0 Å². The Morgan fingerprint density at radius 3 is 2.40 bits per heavy atom. The third-order valence-electron chi connectivity index (χ3n) is 3.82. The van der Waals surface area contributed by atoms with Gasteiger partial charge in [0.05, 0.1) is 19.8 Å². The first kappa shape index (κ1) is 16.6. The van der Waals surface area contributed by atoms with Gasteiger partial charge in [0.2, 0.25) is 5.76 Å². The van der Waals surface area contributed by atoms with Crippen molar-refractivity contribution in [1.29, 1.82) is 0 Å². The van der Waals surface area contributed by atoms with Crippen LogP contribution in [0.5, 0.6) is 11.5 Å². The summed E-state index contributed by atoms with van der Waals surface area (Å²) < 4.78 is 20.8. The number of hydrogen-bond donors (Lipinski definition) is 0. The minimum Gasteiger partial charge on any atom is -0.493 e. The number of aryl methyl sites for hydroxylation is 1. The number of ether oxygens (including phenoxy) is 3. The molecule has 0 atom stereocenters. The summed E-state index contributed by atoms with van der Waals surface area (Å²) in [6.45, 7) is 1.79. The highest BCUT2D eigenvalue weighted by Gasteiger charge is 2.21. The number of carbonyl (C=O) groups is 2. The summed E-state index contributed by atoms with van der Waals surface area (Å²) >= 11 is 0. The fourth-order valence-electron chi connectivity index (χ4n) is 2.51. The summed E-state index contributed by atoms with van der Waals surface area (Å²) in [5.74, 6) is -0.604. The zero-order valence-electron chi connectivity index (χ0n) is 14.0. The molecule has 0 amide bonds. The Morgan fingerprint density at radius 2 is 1.72 bits per heavy atom. The molecule has 0 bridgehead atoms. The molecule has 0 radical (unpaired) electrons. The molecule has 1 aromatic heterocycles. The maximum Gasteiger partial charge on any atom is 0.380 e. The smallest absolute Gasteiger partial charge is 0.380 e. The van der Waals surface area contributed by atoms with Crippen LogP contribution in [0.3, 0.4) is 0 Å². The van der Waals surface area contributed by atoms with Gasteiger partial charge in [-0.15, -0.1) is 0 Å². The third kappa shape index (κ3) is 3.06. The number of hydrogen-bond acceptors (Lipinski definition) is 6. The second-order valence-corrected chi connectivity index (χ2v) is 5.30. The van der Waals surface area contributed by atoms with Gasteiger partial charge in [-0.25, -0.2) is 9.59 Å². The van der Waals surface area contributed by atoms with Crippen molar-refractivity contribution in [1.82, 2.24) is 0 Å². The van der Waals surface area contributed by atoms with Crippen molar-refractivity contribution in [3.05, 3.63) is 59.4 Å². The van der Waals surface area contributed by atoms with Crippen molar-refractivity contribution in [2.45, 2.75) is 6.92 Å². The monoisotopic (exact) mass is 340 g/mol. The molecule has 2 aromatic carbocycles. The molecule has 0 unspecified atom stereocenters. The minimum absolute atomic E-state index is 0.125. The van der Waals surface area contributed by atoms with E-state index in [0.717, 1.165) is 5.39 Å². The van der Waals surface area contributed by atoms with Crippen LogP contribution >= 0.6 is 0 Å². The van der Waals surface area contributed by atoms with E-state index in [9.17, 15) is 9.59 Å². The Labute approximate surface area is 143 Å². The molecule has 128 valence electrons. The van der Waals surface area contributed by atoms with E-state index in [1.165, 1.54) is 32.4 Å². The van der Waals surface area contributed by atoms with Crippen LogP contribution < -0.4 is 9.47 Å². The van der Waals surface area contributed by atoms with Crippen LogP contribution in [-0.4, -0.2) is 26.2 Å². The number of benzene rings is 2. The first-order valence-electron chi connectivity index (χ1n) is 7.51. The summed E-state index contributed by atoms with van der Waals surface area (Å²) in [7, 11) is 2.70. The average Bonchev–Trinajstić information content (AvgIpc) is 2.98. The Morgan fingerprint density at radius 1 is 0.960 bits per heavy atom. The molecule has 0 aliphatic rings. The van der Waals surface area contributed by atoms with Gasteiger partial charge < -0.3 is 18.6 Å². The van der Waals surface area contributed by atoms with Crippen molar-refractivity contribution in [3.63, 3.8) is 0 Å². The summed E-state index contributed by atoms with van der Waals surface area (Å²) in [6, 6.07) is 11.8. The van der Waals surface area contributed by atoms with Crippen molar-refractivity contribution in [2.75, 3.05) is 14.2 Å².